The lowest BCUT2D eigenvalue weighted by Crippen LogP contribution is -2.02. The summed E-state index contributed by atoms with van der Waals surface area (Å²) >= 11 is 0. The molecule has 2 aromatic carbocycles. The number of fused-ring (bicyclic) bond motifs is 1. The van der Waals surface area contributed by atoms with Crippen LogP contribution in [-0.4, -0.2) is 7.25 Å². The van der Waals surface area contributed by atoms with E-state index in [1.165, 1.54) is 10.8 Å². The van der Waals surface area contributed by atoms with Crippen molar-refractivity contribution in [1.29, 1.82) is 0 Å². The summed E-state index contributed by atoms with van der Waals surface area (Å²) in [6.45, 7) is 0. The lowest BCUT2D eigenvalue weighted by molar-refractivity contribution is 0.368. The van der Waals surface area contributed by atoms with Gasteiger partial charge >= 0.3 is 7.25 Å². The lowest BCUT2D eigenvalue weighted by atomic mass is 10.1. The summed E-state index contributed by atoms with van der Waals surface area (Å²) in [7, 11) is -6.00. The molecule has 0 unspecified atom stereocenters. The molecule has 0 heterocycles. The van der Waals surface area contributed by atoms with Gasteiger partial charge in [0.25, 0.3) is 0 Å². The predicted octanol–water partition coefficient (Wildman–Crippen LogP) is 4.14. The molecule has 0 aliphatic heterocycles. The zero-order chi connectivity index (χ0) is 11.3. The number of benzene rings is 2. The molecule has 0 nitrogen and oxygen atoms in total. The topological polar surface area (TPSA) is 0 Å². The smallest absolute Gasteiger partial charge is 0.418 e. The Morgan fingerprint density at radius 3 is 1.00 bits per heavy atom. The summed E-state index contributed by atoms with van der Waals surface area (Å²) < 4.78 is 39.0. The first-order chi connectivity index (χ1) is 6.97. The van der Waals surface area contributed by atoms with Gasteiger partial charge in [-0.3, -0.25) is 0 Å². The maximum Gasteiger partial charge on any atom is 0.673 e. The van der Waals surface area contributed by atoms with Crippen molar-refractivity contribution >= 4 is 18.0 Å². The Hall–Kier alpha value is -1.52. The summed E-state index contributed by atoms with van der Waals surface area (Å²) in [6, 6.07) is 16.7. The Morgan fingerprint density at radius 2 is 0.800 bits per heavy atom. The van der Waals surface area contributed by atoms with Gasteiger partial charge in [-0.2, -0.15) is 0 Å². The monoisotopic (exact) mass is 215 g/mol. The van der Waals surface area contributed by atoms with Gasteiger partial charge in [0.15, 0.2) is 0 Å². The summed E-state index contributed by atoms with van der Waals surface area (Å²) in [5, 5.41) is 2.62. The van der Waals surface area contributed by atoms with Gasteiger partial charge in [0.2, 0.25) is 0 Å². The zero-order valence-electron chi connectivity index (χ0n) is 7.71. The maximum absolute atomic E-state index is 9.75. The van der Waals surface area contributed by atoms with Crippen LogP contribution in [0, 0.1) is 0 Å². The van der Waals surface area contributed by atoms with Crippen molar-refractivity contribution in [2.45, 2.75) is 0 Å². The first-order valence-electron chi connectivity index (χ1n) is 4.28. The summed E-state index contributed by atoms with van der Waals surface area (Å²) in [5.74, 6) is 0. The van der Waals surface area contributed by atoms with E-state index in [1.807, 2.05) is 0 Å². The Labute approximate surface area is 84.6 Å². The molecule has 0 fully saturated rings. The fraction of sp³-hybridized carbons (Fsp3) is 0. The third-order valence-corrected chi connectivity index (χ3v) is 1.66. The van der Waals surface area contributed by atoms with E-state index in [4.69, 9.17) is 0 Å². The van der Waals surface area contributed by atoms with Gasteiger partial charge in [-0.15, -0.1) is 0 Å². The molecule has 0 aliphatic carbocycles. The van der Waals surface area contributed by atoms with Crippen LogP contribution < -0.4 is 0 Å². The molecule has 0 radical (unpaired) electrons. The molecule has 0 spiro atoms. The summed E-state index contributed by atoms with van der Waals surface area (Å²) in [5.41, 5.74) is 0. The molecule has 5 heteroatoms. The zero-order valence-corrected chi connectivity index (χ0v) is 7.71. The Morgan fingerprint density at radius 1 is 0.600 bits per heavy atom. The first-order valence-corrected chi connectivity index (χ1v) is 4.28. The molecule has 0 atom stereocenters. The summed E-state index contributed by atoms with van der Waals surface area (Å²) in [4.78, 5) is 0. The standard InChI is InChI=1S/C10H8.BF4/c1-2-6-10-8-4-3-7-9(10)5-1;2-1(3,4)5/h1-8H;/q;-1. The van der Waals surface area contributed by atoms with Gasteiger partial charge in [-0.25, -0.2) is 0 Å². The van der Waals surface area contributed by atoms with Crippen molar-refractivity contribution in [1.82, 2.24) is 0 Å². The van der Waals surface area contributed by atoms with Crippen molar-refractivity contribution < 1.29 is 17.3 Å². The van der Waals surface area contributed by atoms with E-state index < -0.39 is 7.25 Å². The molecule has 0 bridgehead atoms. The molecule has 0 aromatic heterocycles. The number of hydrogen-bond donors (Lipinski definition) is 0. The maximum atomic E-state index is 9.75. The van der Waals surface area contributed by atoms with E-state index >= 15 is 0 Å². The van der Waals surface area contributed by atoms with Gasteiger partial charge in [0.1, 0.15) is 0 Å². The number of hydrogen-bond acceptors (Lipinski definition) is 0. The van der Waals surface area contributed by atoms with Crippen LogP contribution in [-0.2, 0) is 0 Å². The molecular weight excluding hydrogens is 207 g/mol. The fourth-order valence-corrected chi connectivity index (χ4v) is 1.13. The normalized spacial score (nSPS) is 10.7. The molecule has 15 heavy (non-hydrogen) atoms. The second-order valence-corrected chi connectivity index (χ2v) is 2.84. The second-order valence-electron chi connectivity index (χ2n) is 2.84. The molecule has 0 N–H and O–H groups in total. The SMILES string of the molecule is F[B-](F)(F)F.c1ccc2ccccc2c1. The van der Waals surface area contributed by atoms with Crippen LogP contribution >= 0.6 is 0 Å². The summed E-state index contributed by atoms with van der Waals surface area (Å²) in [6.07, 6.45) is 0. The largest absolute Gasteiger partial charge is 0.673 e. The number of halogens is 4. The third-order valence-electron chi connectivity index (χ3n) is 1.66. The van der Waals surface area contributed by atoms with E-state index in [-0.39, 0.29) is 0 Å². The molecule has 0 amide bonds. The van der Waals surface area contributed by atoms with Crippen LogP contribution in [0.1, 0.15) is 0 Å². The molecule has 0 aliphatic rings. The van der Waals surface area contributed by atoms with Gasteiger partial charge < -0.3 is 17.3 Å². The Bertz CT molecular complexity index is 353. The highest BCUT2D eigenvalue weighted by Crippen LogP contribution is 2.11. The number of rotatable bonds is 0. The third kappa shape index (κ3) is 5.05. The highest BCUT2D eigenvalue weighted by Gasteiger charge is 2.20. The van der Waals surface area contributed by atoms with Gasteiger partial charge in [-0.05, 0) is 10.8 Å². The molecule has 2 rings (SSSR count). The average Bonchev–Trinajstić information content (AvgIpc) is 2.16. The molecule has 0 saturated carbocycles. The fourth-order valence-electron chi connectivity index (χ4n) is 1.13. The minimum absolute atomic E-state index is 1.31. The van der Waals surface area contributed by atoms with E-state index in [9.17, 15) is 17.3 Å². The molecular formula is C10H8BF4-. The second kappa shape index (κ2) is 4.82. The highest BCUT2D eigenvalue weighted by molar-refractivity contribution is 6.50. The van der Waals surface area contributed by atoms with Gasteiger partial charge in [0, 0.05) is 0 Å². The minimum atomic E-state index is -6.00. The van der Waals surface area contributed by atoms with Crippen LogP contribution in [0.5, 0.6) is 0 Å². The van der Waals surface area contributed by atoms with E-state index in [1.54, 1.807) is 0 Å². The predicted molar refractivity (Wildman–Crippen MR) is 54.1 cm³/mol. The van der Waals surface area contributed by atoms with Crippen LogP contribution in [0.15, 0.2) is 48.5 Å². The average molecular weight is 215 g/mol. The van der Waals surface area contributed by atoms with E-state index in [0.717, 1.165) is 0 Å². The Balaban J connectivity index is 0.000000195. The molecule has 0 saturated heterocycles. The van der Waals surface area contributed by atoms with Crippen molar-refractivity contribution in [3.05, 3.63) is 48.5 Å². The van der Waals surface area contributed by atoms with E-state index in [0.29, 0.717) is 0 Å². The van der Waals surface area contributed by atoms with Crippen LogP contribution in [0.2, 0.25) is 0 Å². The molecule has 80 valence electrons. The van der Waals surface area contributed by atoms with Crippen LogP contribution in [0.4, 0.5) is 17.3 Å². The first kappa shape index (κ1) is 11.6. The minimum Gasteiger partial charge on any atom is -0.418 e. The van der Waals surface area contributed by atoms with Crippen molar-refractivity contribution in [3.63, 3.8) is 0 Å². The Kier molecular flexibility index (Phi) is 3.71. The van der Waals surface area contributed by atoms with E-state index in [2.05, 4.69) is 48.5 Å². The molecule has 2 aromatic rings. The quantitative estimate of drug-likeness (QED) is 0.457. The highest BCUT2D eigenvalue weighted by atomic mass is 19.5. The van der Waals surface area contributed by atoms with Crippen LogP contribution in [0.25, 0.3) is 10.8 Å². The van der Waals surface area contributed by atoms with Crippen molar-refractivity contribution in [3.8, 4) is 0 Å². The van der Waals surface area contributed by atoms with Crippen molar-refractivity contribution in [2.75, 3.05) is 0 Å². The van der Waals surface area contributed by atoms with Gasteiger partial charge in [0.05, 0.1) is 0 Å². The lowest BCUT2D eigenvalue weighted by Gasteiger charge is -1.94. The van der Waals surface area contributed by atoms with Crippen LogP contribution in [0.3, 0.4) is 0 Å². The van der Waals surface area contributed by atoms with Gasteiger partial charge in [-0.1, -0.05) is 48.5 Å². The van der Waals surface area contributed by atoms with Crippen molar-refractivity contribution in [2.24, 2.45) is 0 Å².